The summed E-state index contributed by atoms with van der Waals surface area (Å²) in [6.45, 7) is 6.89. The molecule has 1 N–H and O–H groups in total. The predicted octanol–water partition coefficient (Wildman–Crippen LogP) is 0.924. The van der Waals surface area contributed by atoms with E-state index in [0.29, 0.717) is 19.7 Å². The fraction of sp³-hybridized carbons (Fsp3) is 0.692. The lowest BCUT2D eigenvalue weighted by Gasteiger charge is -2.33. The monoisotopic (exact) mass is 270 g/mol. The number of likely N-dealkylation sites (tertiary alicyclic amines) is 1. The van der Waals surface area contributed by atoms with E-state index >= 15 is 0 Å². The third-order valence-corrected chi connectivity index (χ3v) is 3.01. The summed E-state index contributed by atoms with van der Waals surface area (Å²) in [7, 11) is 1.30. The van der Waals surface area contributed by atoms with E-state index in [1.165, 1.54) is 7.11 Å². The maximum absolute atomic E-state index is 12.0. The van der Waals surface area contributed by atoms with Crippen molar-refractivity contribution < 1.29 is 19.1 Å². The van der Waals surface area contributed by atoms with Crippen molar-refractivity contribution in [3.8, 4) is 0 Å². The molecule has 0 aromatic rings. The van der Waals surface area contributed by atoms with E-state index in [1.54, 1.807) is 17.9 Å². The van der Waals surface area contributed by atoms with E-state index in [1.807, 2.05) is 0 Å². The van der Waals surface area contributed by atoms with Crippen LogP contribution in [0.5, 0.6) is 0 Å². The fourth-order valence-corrected chi connectivity index (χ4v) is 1.98. The molecule has 0 saturated carbocycles. The summed E-state index contributed by atoms with van der Waals surface area (Å²) < 4.78 is 10.1. The van der Waals surface area contributed by atoms with Crippen molar-refractivity contribution in [2.45, 2.75) is 31.9 Å². The zero-order valence-corrected chi connectivity index (χ0v) is 11.6. The highest BCUT2D eigenvalue weighted by atomic mass is 16.5. The molecule has 0 aromatic carbocycles. The Bertz CT molecular complexity index is 333. The molecule has 2 atom stereocenters. The van der Waals surface area contributed by atoms with Gasteiger partial charge in [-0.2, -0.15) is 0 Å². The van der Waals surface area contributed by atoms with Gasteiger partial charge < -0.3 is 19.7 Å². The normalized spacial score (nSPS) is 20.5. The topological polar surface area (TPSA) is 67.9 Å². The third kappa shape index (κ3) is 4.90. The molecule has 1 unspecified atom stereocenters. The Morgan fingerprint density at radius 1 is 1.58 bits per heavy atom. The molecule has 1 heterocycles. The number of rotatable bonds is 5. The molecular formula is C13H22N2O4. The zero-order valence-electron chi connectivity index (χ0n) is 11.6. The number of piperidine rings is 1. The van der Waals surface area contributed by atoms with Gasteiger partial charge in [-0.3, -0.25) is 0 Å². The molecule has 1 fully saturated rings. The highest BCUT2D eigenvalue weighted by Gasteiger charge is 2.26. The number of urea groups is 1. The number of ether oxygens (including phenoxy) is 2. The number of esters is 1. The average Bonchev–Trinajstić information content (AvgIpc) is 2.44. The fourth-order valence-electron chi connectivity index (χ4n) is 1.98. The van der Waals surface area contributed by atoms with Crippen molar-refractivity contribution in [3.63, 3.8) is 0 Å². The summed E-state index contributed by atoms with van der Waals surface area (Å²) in [5.74, 6) is -0.454. The summed E-state index contributed by atoms with van der Waals surface area (Å²) in [5, 5.41) is 2.61. The van der Waals surface area contributed by atoms with Crippen LogP contribution in [0, 0.1) is 0 Å². The largest absolute Gasteiger partial charge is 0.467 e. The smallest absolute Gasteiger partial charge is 0.328 e. The molecule has 6 heteroatoms. The lowest BCUT2D eigenvalue weighted by Crippen LogP contribution is -2.51. The average molecular weight is 270 g/mol. The molecule has 19 heavy (non-hydrogen) atoms. The molecule has 0 spiro atoms. The van der Waals surface area contributed by atoms with Gasteiger partial charge in [-0.1, -0.05) is 6.08 Å². The highest BCUT2D eigenvalue weighted by molar-refractivity contribution is 5.83. The number of carbonyl (C=O) groups is 2. The number of amides is 2. The van der Waals surface area contributed by atoms with Gasteiger partial charge in [-0.15, -0.1) is 6.58 Å². The standard InChI is InChI=1S/C13H22N2O4/c1-4-8-19-11-6-5-7-15(9-11)13(17)14-10(2)12(16)18-3/h4,10-11H,1,5-9H2,2-3H3,(H,14,17)/t10-,11?/m0/s1. The summed E-state index contributed by atoms with van der Waals surface area (Å²) >= 11 is 0. The second-order valence-corrected chi connectivity index (χ2v) is 4.53. The molecule has 1 saturated heterocycles. The van der Waals surface area contributed by atoms with Crippen LogP contribution in [-0.4, -0.2) is 55.9 Å². The van der Waals surface area contributed by atoms with Gasteiger partial charge in [0, 0.05) is 13.1 Å². The van der Waals surface area contributed by atoms with E-state index in [-0.39, 0.29) is 12.1 Å². The van der Waals surface area contributed by atoms with Gasteiger partial charge in [0.15, 0.2) is 0 Å². The molecular weight excluding hydrogens is 248 g/mol. The van der Waals surface area contributed by atoms with Gasteiger partial charge in [0.25, 0.3) is 0 Å². The van der Waals surface area contributed by atoms with Gasteiger partial charge in [0.05, 0.1) is 19.8 Å². The lowest BCUT2D eigenvalue weighted by atomic mass is 10.1. The maximum atomic E-state index is 12.0. The quantitative estimate of drug-likeness (QED) is 0.596. The van der Waals surface area contributed by atoms with Crippen molar-refractivity contribution in [3.05, 3.63) is 12.7 Å². The number of methoxy groups -OCH3 is 1. The first-order valence-corrected chi connectivity index (χ1v) is 6.44. The van der Waals surface area contributed by atoms with Crippen LogP contribution in [-0.2, 0) is 14.3 Å². The van der Waals surface area contributed by atoms with Crippen LogP contribution in [0.1, 0.15) is 19.8 Å². The lowest BCUT2D eigenvalue weighted by molar-refractivity contribution is -0.142. The first-order chi connectivity index (χ1) is 9.08. The molecule has 1 aliphatic heterocycles. The van der Waals surface area contributed by atoms with Gasteiger partial charge in [0.2, 0.25) is 0 Å². The Balaban J connectivity index is 2.43. The predicted molar refractivity (Wildman–Crippen MR) is 70.8 cm³/mol. The number of carbonyl (C=O) groups excluding carboxylic acids is 2. The molecule has 1 rings (SSSR count). The first-order valence-electron chi connectivity index (χ1n) is 6.44. The molecule has 6 nitrogen and oxygen atoms in total. The highest BCUT2D eigenvalue weighted by Crippen LogP contribution is 2.13. The Morgan fingerprint density at radius 3 is 2.95 bits per heavy atom. The van der Waals surface area contributed by atoms with Crippen LogP contribution < -0.4 is 5.32 Å². The maximum Gasteiger partial charge on any atom is 0.328 e. The van der Waals surface area contributed by atoms with Crippen LogP contribution >= 0.6 is 0 Å². The molecule has 1 aliphatic rings. The minimum absolute atomic E-state index is 0.0333. The van der Waals surface area contributed by atoms with Crippen molar-refractivity contribution in [2.24, 2.45) is 0 Å². The van der Waals surface area contributed by atoms with Gasteiger partial charge in [-0.25, -0.2) is 9.59 Å². The van der Waals surface area contributed by atoms with Crippen LogP contribution in [0.4, 0.5) is 4.79 Å². The molecule has 108 valence electrons. The number of nitrogens with one attached hydrogen (secondary N) is 1. The molecule has 0 radical (unpaired) electrons. The van der Waals surface area contributed by atoms with Crippen LogP contribution in [0.2, 0.25) is 0 Å². The Hall–Kier alpha value is -1.56. The van der Waals surface area contributed by atoms with Gasteiger partial charge in [0.1, 0.15) is 6.04 Å². The zero-order chi connectivity index (χ0) is 14.3. The third-order valence-electron chi connectivity index (χ3n) is 3.01. The van der Waals surface area contributed by atoms with Gasteiger partial charge >= 0.3 is 12.0 Å². The minimum atomic E-state index is -0.646. The molecule has 0 aromatic heterocycles. The van der Waals surface area contributed by atoms with E-state index in [4.69, 9.17) is 4.74 Å². The van der Waals surface area contributed by atoms with E-state index in [2.05, 4.69) is 16.6 Å². The first kappa shape index (κ1) is 15.5. The Kier molecular flexibility index (Phi) is 6.35. The summed E-state index contributed by atoms with van der Waals surface area (Å²) in [6, 6.07) is -0.906. The Morgan fingerprint density at radius 2 is 2.32 bits per heavy atom. The van der Waals surface area contributed by atoms with Crippen LogP contribution in [0.15, 0.2) is 12.7 Å². The van der Waals surface area contributed by atoms with E-state index in [9.17, 15) is 9.59 Å². The van der Waals surface area contributed by atoms with Crippen LogP contribution in [0.3, 0.4) is 0 Å². The number of nitrogens with zero attached hydrogens (tertiary/aromatic N) is 1. The second kappa shape index (κ2) is 7.78. The number of hydrogen-bond donors (Lipinski definition) is 1. The number of hydrogen-bond acceptors (Lipinski definition) is 4. The SMILES string of the molecule is C=CCOC1CCCN(C(=O)N[C@@H](C)C(=O)OC)C1. The molecule has 0 bridgehead atoms. The second-order valence-electron chi connectivity index (χ2n) is 4.53. The Labute approximate surface area is 113 Å². The van der Waals surface area contributed by atoms with Crippen molar-refractivity contribution >= 4 is 12.0 Å². The molecule has 2 amide bonds. The van der Waals surface area contributed by atoms with Crippen molar-refractivity contribution in [2.75, 3.05) is 26.8 Å². The summed E-state index contributed by atoms with van der Waals surface area (Å²) in [5.41, 5.74) is 0. The van der Waals surface area contributed by atoms with E-state index < -0.39 is 12.0 Å². The molecule has 0 aliphatic carbocycles. The summed E-state index contributed by atoms with van der Waals surface area (Å²) in [4.78, 5) is 24.9. The van der Waals surface area contributed by atoms with Crippen LogP contribution in [0.25, 0.3) is 0 Å². The van der Waals surface area contributed by atoms with Crippen molar-refractivity contribution in [1.82, 2.24) is 10.2 Å². The summed E-state index contributed by atoms with van der Waals surface area (Å²) in [6.07, 6.45) is 3.55. The van der Waals surface area contributed by atoms with Gasteiger partial charge in [-0.05, 0) is 19.8 Å². The minimum Gasteiger partial charge on any atom is -0.467 e. The van der Waals surface area contributed by atoms with Crippen molar-refractivity contribution in [1.29, 1.82) is 0 Å². The van der Waals surface area contributed by atoms with E-state index in [0.717, 1.165) is 12.8 Å².